The van der Waals surface area contributed by atoms with Gasteiger partial charge in [-0.3, -0.25) is 9.71 Å². The number of halogens is 1. The zero-order chi connectivity index (χ0) is 18.1. The fourth-order valence-electron chi connectivity index (χ4n) is 2.34. The van der Waals surface area contributed by atoms with Crippen molar-refractivity contribution in [2.24, 2.45) is 10.7 Å². The van der Waals surface area contributed by atoms with Crippen molar-refractivity contribution >= 4 is 29.5 Å². The molecule has 0 aliphatic carbocycles. The molecule has 0 unspecified atom stereocenters. The highest BCUT2D eigenvalue weighted by Crippen LogP contribution is 2.28. The lowest BCUT2D eigenvalue weighted by molar-refractivity contribution is 0.628. The van der Waals surface area contributed by atoms with Gasteiger partial charge in [0.1, 0.15) is 5.82 Å². The van der Waals surface area contributed by atoms with Crippen LogP contribution in [-0.2, 0) is 0 Å². The summed E-state index contributed by atoms with van der Waals surface area (Å²) in [4.78, 5) is 3.95. The van der Waals surface area contributed by atoms with Gasteiger partial charge in [-0.1, -0.05) is 30.1 Å². The molecule has 0 fully saturated rings. The highest BCUT2D eigenvalue weighted by Gasteiger charge is 2.08. The first-order valence-electron chi connectivity index (χ1n) is 7.96. The minimum atomic E-state index is -0.247. The normalized spacial score (nSPS) is 11.9. The van der Waals surface area contributed by atoms with Gasteiger partial charge in [0.2, 0.25) is 0 Å². The fourth-order valence-corrected chi connectivity index (χ4v) is 2.75. The monoisotopic (exact) mass is 358 g/mol. The van der Waals surface area contributed by atoms with Crippen LogP contribution in [0, 0.1) is 5.82 Å². The third kappa shape index (κ3) is 5.62. The lowest BCUT2D eigenvalue weighted by Crippen LogP contribution is -2.10. The Morgan fingerprint density at radius 2 is 1.92 bits per heavy atom. The summed E-state index contributed by atoms with van der Waals surface area (Å²) in [6, 6.07) is 12.5. The minimum Gasteiger partial charge on any atom is -0.398 e. The second-order valence-electron chi connectivity index (χ2n) is 5.28. The zero-order valence-electron chi connectivity index (χ0n) is 14.4. The molecule has 0 atom stereocenters. The van der Waals surface area contributed by atoms with E-state index in [9.17, 15) is 4.39 Å². The number of anilines is 1. The molecule has 25 heavy (non-hydrogen) atoms. The number of nitrogens with one attached hydrogen (secondary N) is 2. The Balaban J connectivity index is 2.34. The molecule has 0 aliphatic heterocycles. The zero-order valence-corrected chi connectivity index (χ0v) is 15.2. The first kappa shape index (κ1) is 19.0. The number of benzene rings is 2. The Morgan fingerprint density at radius 3 is 2.60 bits per heavy atom. The van der Waals surface area contributed by atoms with Gasteiger partial charge in [-0.15, -0.1) is 0 Å². The van der Waals surface area contributed by atoms with Crippen LogP contribution in [0.2, 0.25) is 0 Å². The van der Waals surface area contributed by atoms with Crippen molar-refractivity contribution < 1.29 is 4.39 Å². The van der Waals surface area contributed by atoms with Gasteiger partial charge in [-0.25, -0.2) is 4.39 Å². The number of hydrogen-bond acceptors (Lipinski definition) is 5. The van der Waals surface area contributed by atoms with E-state index in [0.717, 1.165) is 34.7 Å². The molecule has 6 heteroatoms. The summed E-state index contributed by atoms with van der Waals surface area (Å²) in [5.41, 5.74) is 10.6. The fraction of sp³-hybridized carbons (Fsp3) is 0.211. The predicted molar refractivity (Wildman–Crippen MR) is 108 cm³/mol. The average molecular weight is 358 g/mol. The molecule has 132 valence electrons. The van der Waals surface area contributed by atoms with Crippen molar-refractivity contribution in [1.82, 2.24) is 4.72 Å². The van der Waals surface area contributed by atoms with Crippen molar-refractivity contribution in [2.75, 3.05) is 31.7 Å². The summed E-state index contributed by atoms with van der Waals surface area (Å²) in [5.74, 6) is 0.679. The third-order valence-electron chi connectivity index (χ3n) is 3.58. The predicted octanol–water partition coefficient (Wildman–Crippen LogP) is 3.77. The van der Waals surface area contributed by atoms with E-state index in [1.54, 1.807) is 43.4 Å². The lowest BCUT2D eigenvalue weighted by Gasteiger charge is -2.14. The molecule has 0 saturated heterocycles. The van der Waals surface area contributed by atoms with E-state index in [1.807, 2.05) is 25.2 Å². The number of allylic oxidation sites excluding steroid dienone is 1. The quantitative estimate of drug-likeness (QED) is 0.382. The van der Waals surface area contributed by atoms with Gasteiger partial charge >= 0.3 is 0 Å². The summed E-state index contributed by atoms with van der Waals surface area (Å²) < 4.78 is 16.2. The van der Waals surface area contributed by atoms with Crippen molar-refractivity contribution in [3.05, 3.63) is 59.9 Å². The van der Waals surface area contributed by atoms with Crippen LogP contribution < -0.4 is 15.8 Å². The number of nitrogens with zero attached hydrogens (tertiary/aromatic N) is 1. The molecule has 2 aromatic carbocycles. The van der Waals surface area contributed by atoms with Crippen LogP contribution >= 0.6 is 11.9 Å². The SMILES string of the molecule is CN=C/C=C(\N)c1cc(-c2ccc(F)cc2)ccc1NCCSNC. The maximum Gasteiger partial charge on any atom is 0.123 e. The second kappa shape index (κ2) is 9.86. The van der Waals surface area contributed by atoms with E-state index in [4.69, 9.17) is 5.73 Å². The van der Waals surface area contributed by atoms with Crippen LogP contribution in [0.25, 0.3) is 16.8 Å². The molecule has 4 nitrogen and oxygen atoms in total. The van der Waals surface area contributed by atoms with Crippen LogP contribution in [0.3, 0.4) is 0 Å². The lowest BCUT2D eigenvalue weighted by atomic mass is 10.00. The molecule has 0 amide bonds. The standard InChI is InChI=1S/C19H23FN4S/c1-22-10-9-18(21)17-13-15(14-3-6-16(20)7-4-14)5-8-19(17)24-11-12-25-23-2/h3-10,13,23-24H,11-12,21H2,1-2H3/b18-9-,22-10?. The number of rotatable bonds is 8. The van der Waals surface area contributed by atoms with Gasteiger partial charge in [0.15, 0.2) is 0 Å². The summed E-state index contributed by atoms with van der Waals surface area (Å²) in [5, 5.41) is 3.41. The Labute approximate surface area is 152 Å². The first-order chi connectivity index (χ1) is 12.2. The van der Waals surface area contributed by atoms with Crippen molar-refractivity contribution in [3.8, 4) is 11.1 Å². The van der Waals surface area contributed by atoms with Crippen LogP contribution in [0.5, 0.6) is 0 Å². The molecule has 4 N–H and O–H groups in total. The Morgan fingerprint density at radius 1 is 1.20 bits per heavy atom. The largest absolute Gasteiger partial charge is 0.398 e. The molecule has 0 radical (unpaired) electrons. The topological polar surface area (TPSA) is 62.4 Å². The maximum atomic E-state index is 13.2. The summed E-state index contributed by atoms with van der Waals surface area (Å²) in [7, 11) is 3.60. The number of hydrogen-bond donors (Lipinski definition) is 3. The van der Waals surface area contributed by atoms with Crippen molar-refractivity contribution in [2.45, 2.75) is 0 Å². The molecule has 0 saturated carbocycles. The van der Waals surface area contributed by atoms with Crippen molar-refractivity contribution in [3.63, 3.8) is 0 Å². The molecule has 0 bridgehead atoms. The van der Waals surface area contributed by atoms with E-state index in [0.29, 0.717) is 5.70 Å². The second-order valence-corrected chi connectivity index (χ2v) is 6.38. The average Bonchev–Trinajstić information content (AvgIpc) is 2.64. The summed E-state index contributed by atoms with van der Waals surface area (Å²) in [6.07, 6.45) is 3.44. The van der Waals surface area contributed by atoms with E-state index < -0.39 is 0 Å². The van der Waals surface area contributed by atoms with Gasteiger partial charge in [0.25, 0.3) is 0 Å². The molecule has 2 rings (SSSR count). The van der Waals surface area contributed by atoms with Crippen LogP contribution in [0.4, 0.5) is 10.1 Å². The van der Waals surface area contributed by atoms with E-state index >= 15 is 0 Å². The molecule has 2 aromatic rings. The maximum absolute atomic E-state index is 13.2. The van der Waals surface area contributed by atoms with Crippen LogP contribution in [-0.4, -0.2) is 32.6 Å². The summed E-state index contributed by atoms with van der Waals surface area (Å²) >= 11 is 1.64. The summed E-state index contributed by atoms with van der Waals surface area (Å²) in [6.45, 7) is 0.809. The minimum absolute atomic E-state index is 0.247. The number of aliphatic imine (C=N–C) groups is 1. The first-order valence-corrected chi connectivity index (χ1v) is 8.95. The van der Waals surface area contributed by atoms with Gasteiger partial charge in [0, 0.05) is 42.5 Å². The smallest absolute Gasteiger partial charge is 0.123 e. The van der Waals surface area contributed by atoms with Gasteiger partial charge in [-0.05, 0) is 48.5 Å². The van der Waals surface area contributed by atoms with Gasteiger partial charge in [0.05, 0.1) is 0 Å². The third-order valence-corrected chi connectivity index (χ3v) is 4.27. The molecular formula is C19H23FN4S. The highest BCUT2D eigenvalue weighted by atomic mass is 32.2. The molecule has 0 aliphatic rings. The molecule has 0 heterocycles. The van der Waals surface area contributed by atoms with Gasteiger partial charge < -0.3 is 11.1 Å². The Hall–Kier alpha value is -2.31. The molecule has 0 aromatic heterocycles. The highest BCUT2D eigenvalue weighted by molar-refractivity contribution is 7.97. The molecule has 0 spiro atoms. The van der Waals surface area contributed by atoms with E-state index in [1.165, 1.54) is 12.1 Å². The van der Waals surface area contributed by atoms with Crippen LogP contribution in [0.15, 0.2) is 53.5 Å². The van der Waals surface area contributed by atoms with E-state index in [2.05, 4.69) is 15.0 Å². The Kier molecular flexibility index (Phi) is 7.50. The Bertz CT molecular complexity index is 742. The number of nitrogens with two attached hydrogens (primary N) is 1. The van der Waals surface area contributed by atoms with Crippen LogP contribution in [0.1, 0.15) is 5.56 Å². The molecular weight excluding hydrogens is 335 g/mol. The van der Waals surface area contributed by atoms with Gasteiger partial charge in [-0.2, -0.15) is 0 Å². The van der Waals surface area contributed by atoms with Crippen molar-refractivity contribution in [1.29, 1.82) is 0 Å². The van der Waals surface area contributed by atoms with E-state index in [-0.39, 0.29) is 5.82 Å².